The van der Waals surface area contributed by atoms with E-state index in [1.807, 2.05) is 24.3 Å². The van der Waals surface area contributed by atoms with Gasteiger partial charge in [0, 0.05) is 32.3 Å². The van der Waals surface area contributed by atoms with Gasteiger partial charge < -0.3 is 20.1 Å². The molecule has 24 heavy (non-hydrogen) atoms. The third-order valence-corrected chi connectivity index (χ3v) is 3.78. The van der Waals surface area contributed by atoms with Gasteiger partial charge in [0.15, 0.2) is 5.96 Å². The Kier molecular flexibility index (Phi) is 10.5. The topological polar surface area (TPSA) is 54.9 Å². The number of para-hydroxylation sites is 1. The predicted molar refractivity (Wildman–Crippen MR) is 109 cm³/mol. The molecular formula is C18H28IN3O2. The zero-order valence-corrected chi connectivity index (χ0v) is 16.6. The van der Waals surface area contributed by atoms with Crippen LogP contribution >= 0.6 is 24.0 Å². The van der Waals surface area contributed by atoms with Gasteiger partial charge in [-0.3, -0.25) is 4.99 Å². The van der Waals surface area contributed by atoms with Crippen molar-refractivity contribution in [3.05, 3.63) is 42.5 Å². The Bertz CT molecular complexity index is 517. The molecule has 1 aromatic rings. The summed E-state index contributed by atoms with van der Waals surface area (Å²) in [5, 5.41) is 6.65. The summed E-state index contributed by atoms with van der Waals surface area (Å²) < 4.78 is 11.3. The molecule has 1 fully saturated rings. The van der Waals surface area contributed by atoms with Crippen molar-refractivity contribution in [2.45, 2.75) is 31.9 Å². The molecule has 6 heteroatoms. The molecule has 0 amide bonds. The number of nitrogens with zero attached hydrogens (tertiary/aromatic N) is 1. The second-order valence-corrected chi connectivity index (χ2v) is 5.48. The lowest BCUT2D eigenvalue weighted by atomic mass is 10.2. The van der Waals surface area contributed by atoms with E-state index in [0.29, 0.717) is 19.3 Å². The van der Waals surface area contributed by atoms with E-state index in [2.05, 4.69) is 22.2 Å². The first-order valence-electron chi connectivity index (χ1n) is 8.21. The summed E-state index contributed by atoms with van der Waals surface area (Å²) in [4.78, 5) is 4.26. The fourth-order valence-electron chi connectivity index (χ4n) is 2.56. The van der Waals surface area contributed by atoms with Gasteiger partial charge in [0.05, 0.1) is 6.10 Å². The van der Waals surface area contributed by atoms with Crippen LogP contribution in [0.3, 0.4) is 0 Å². The fourth-order valence-corrected chi connectivity index (χ4v) is 2.56. The van der Waals surface area contributed by atoms with E-state index in [1.54, 1.807) is 13.1 Å². The third kappa shape index (κ3) is 7.09. The Balaban J connectivity index is 0.00000288. The van der Waals surface area contributed by atoms with Crippen LogP contribution in [0.5, 0.6) is 5.75 Å². The molecule has 2 rings (SSSR count). The summed E-state index contributed by atoms with van der Waals surface area (Å²) in [6, 6.07) is 7.99. The van der Waals surface area contributed by atoms with Gasteiger partial charge in [0.2, 0.25) is 0 Å². The molecule has 0 bridgehead atoms. The lowest BCUT2D eigenvalue weighted by molar-refractivity contribution is 0.105. The van der Waals surface area contributed by atoms with Crippen molar-refractivity contribution in [1.29, 1.82) is 0 Å². The van der Waals surface area contributed by atoms with Gasteiger partial charge in [-0.2, -0.15) is 0 Å². The summed E-state index contributed by atoms with van der Waals surface area (Å²) in [6.45, 7) is 6.61. The molecular weight excluding hydrogens is 417 g/mol. The molecule has 0 spiro atoms. The number of aliphatic imine (C=N–C) groups is 1. The summed E-state index contributed by atoms with van der Waals surface area (Å²) in [7, 11) is 1.78. The number of rotatable bonds is 8. The van der Waals surface area contributed by atoms with Gasteiger partial charge in [-0.1, -0.05) is 30.9 Å². The smallest absolute Gasteiger partial charge is 0.191 e. The van der Waals surface area contributed by atoms with E-state index in [0.717, 1.165) is 36.8 Å². The quantitative estimate of drug-likeness (QED) is 0.280. The molecule has 1 unspecified atom stereocenters. The Morgan fingerprint density at radius 3 is 2.96 bits per heavy atom. The molecule has 5 nitrogen and oxygen atoms in total. The Morgan fingerprint density at radius 2 is 2.25 bits per heavy atom. The van der Waals surface area contributed by atoms with E-state index >= 15 is 0 Å². The van der Waals surface area contributed by atoms with Gasteiger partial charge in [-0.15, -0.1) is 24.0 Å². The molecule has 134 valence electrons. The molecule has 1 aromatic carbocycles. The number of nitrogens with one attached hydrogen (secondary N) is 2. The molecule has 0 aliphatic carbocycles. The molecule has 0 radical (unpaired) electrons. The second kappa shape index (κ2) is 12.1. The van der Waals surface area contributed by atoms with Crippen molar-refractivity contribution in [2.24, 2.45) is 4.99 Å². The Hall–Kier alpha value is -1.28. The summed E-state index contributed by atoms with van der Waals surface area (Å²) in [5.41, 5.74) is 1.09. The van der Waals surface area contributed by atoms with E-state index in [9.17, 15) is 0 Å². The first-order chi connectivity index (χ1) is 11.3. The van der Waals surface area contributed by atoms with Crippen molar-refractivity contribution < 1.29 is 9.47 Å². The van der Waals surface area contributed by atoms with E-state index in [1.165, 1.54) is 12.8 Å². The molecule has 1 saturated heterocycles. The van der Waals surface area contributed by atoms with Crippen LogP contribution in [-0.2, 0) is 11.3 Å². The van der Waals surface area contributed by atoms with Gasteiger partial charge in [-0.05, 0) is 25.3 Å². The van der Waals surface area contributed by atoms with Gasteiger partial charge in [0.1, 0.15) is 12.4 Å². The predicted octanol–water partition coefficient (Wildman–Crippen LogP) is 3.10. The van der Waals surface area contributed by atoms with Gasteiger partial charge >= 0.3 is 0 Å². The lowest BCUT2D eigenvalue weighted by Crippen LogP contribution is -2.38. The average molecular weight is 445 g/mol. The summed E-state index contributed by atoms with van der Waals surface area (Å²) >= 11 is 0. The highest BCUT2D eigenvalue weighted by atomic mass is 127. The number of halogens is 1. The normalized spacial score (nSPS) is 17.0. The van der Waals surface area contributed by atoms with E-state index in [-0.39, 0.29) is 24.0 Å². The maximum Gasteiger partial charge on any atom is 0.191 e. The maximum atomic E-state index is 5.67. The van der Waals surface area contributed by atoms with Gasteiger partial charge in [0.25, 0.3) is 0 Å². The SMILES string of the molecule is C=CCOc1ccccc1CNC(=NC)NCCC1CCCO1.I. The van der Waals surface area contributed by atoms with Crippen molar-refractivity contribution in [3.63, 3.8) is 0 Å². The van der Waals surface area contributed by atoms with Crippen molar-refractivity contribution in [2.75, 3.05) is 26.8 Å². The maximum absolute atomic E-state index is 5.67. The van der Waals surface area contributed by atoms with Crippen molar-refractivity contribution >= 4 is 29.9 Å². The van der Waals surface area contributed by atoms with Crippen LogP contribution in [0.15, 0.2) is 41.9 Å². The monoisotopic (exact) mass is 445 g/mol. The molecule has 0 aromatic heterocycles. The summed E-state index contributed by atoms with van der Waals surface area (Å²) in [5.74, 6) is 1.66. The standard InChI is InChI=1S/C18H27N3O2.HI/c1-3-12-23-17-9-5-4-7-15(17)14-21-18(19-2)20-11-10-16-8-6-13-22-16;/h3-5,7,9,16H,1,6,8,10-14H2,2H3,(H2,19,20,21);1H. The van der Waals surface area contributed by atoms with Crippen LogP contribution in [0.2, 0.25) is 0 Å². The molecule has 1 aliphatic rings. The minimum absolute atomic E-state index is 0. The van der Waals surface area contributed by atoms with Crippen molar-refractivity contribution in [1.82, 2.24) is 10.6 Å². The van der Waals surface area contributed by atoms with Crippen molar-refractivity contribution in [3.8, 4) is 5.75 Å². The first-order valence-corrected chi connectivity index (χ1v) is 8.21. The number of guanidine groups is 1. The van der Waals surface area contributed by atoms with E-state index in [4.69, 9.17) is 9.47 Å². The minimum atomic E-state index is 0. The lowest BCUT2D eigenvalue weighted by Gasteiger charge is -2.15. The Morgan fingerprint density at radius 1 is 1.42 bits per heavy atom. The summed E-state index contributed by atoms with van der Waals surface area (Å²) in [6.07, 6.45) is 5.50. The van der Waals surface area contributed by atoms with Crippen LogP contribution in [-0.4, -0.2) is 38.9 Å². The zero-order valence-electron chi connectivity index (χ0n) is 14.3. The number of benzene rings is 1. The van der Waals surface area contributed by atoms with Gasteiger partial charge in [-0.25, -0.2) is 0 Å². The van der Waals surface area contributed by atoms with Crippen LogP contribution in [0.4, 0.5) is 0 Å². The first kappa shape index (κ1) is 20.8. The highest BCUT2D eigenvalue weighted by Crippen LogP contribution is 2.17. The van der Waals surface area contributed by atoms with Crippen LogP contribution in [0.1, 0.15) is 24.8 Å². The molecule has 1 atom stereocenters. The number of hydrogen-bond acceptors (Lipinski definition) is 3. The molecule has 2 N–H and O–H groups in total. The zero-order chi connectivity index (χ0) is 16.3. The highest BCUT2D eigenvalue weighted by molar-refractivity contribution is 14.0. The number of hydrogen-bond donors (Lipinski definition) is 2. The number of ether oxygens (including phenoxy) is 2. The Labute approximate surface area is 161 Å². The molecule has 1 heterocycles. The third-order valence-electron chi connectivity index (χ3n) is 3.78. The second-order valence-electron chi connectivity index (χ2n) is 5.48. The van der Waals surface area contributed by atoms with Crippen LogP contribution < -0.4 is 15.4 Å². The van der Waals surface area contributed by atoms with Crippen LogP contribution in [0, 0.1) is 0 Å². The minimum Gasteiger partial charge on any atom is -0.489 e. The molecule has 0 saturated carbocycles. The van der Waals surface area contributed by atoms with E-state index < -0.39 is 0 Å². The fraction of sp³-hybridized carbons (Fsp3) is 0.500. The average Bonchev–Trinajstić information content (AvgIpc) is 3.10. The molecule has 1 aliphatic heterocycles. The van der Waals surface area contributed by atoms with Crippen LogP contribution in [0.25, 0.3) is 0 Å². The highest BCUT2D eigenvalue weighted by Gasteiger charge is 2.14. The largest absolute Gasteiger partial charge is 0.489 e.